The Morgan fingerprint density at radius 3 is 1.34 bits per heavy atom. The fraction of sp³-hybridized carbons (Fsp3) is 0.0323. The van der Waals surface area contributed by atoms with E-state index in [2.05, 4.69) is 20.6 Å². The molecule has 0 radical (unpaired) electrons. The predicted molar refractivity (Wildman–Crippen MR) is 287 cm³/mol. The van der Waals surface area contributed by atoms with Gasteiger partial charge in [0, 0.05) is 77.7 Å². The van der Waals surface area contributed by atoms with Gasteiger partial charge in [0.15, 0.2) is 18.2 Å². The molecule has 76 heavy (non-hydrogen) atoms. The lowest BCUT2D eigenvalue weighted by Crippen LogP contribution is -2.36. The van der Waals surface area contributed by atoms with Crippen molar-refractivity contribution in [1.29, 1.82) is 0 Å². The van der Waals surface area contributed by atoms with Gasteiger partial charge in [-0.15, -0.1) is 0 Å². The van der Waals surface area contributed by atoms with Gasteiger partial charge in [-0.3, -0.25) is 19.2 Å². The first-order chi connectivity index (χ1) is 37.1. The van der Waals surface area contributed by atoms with E-state index < -0.39 is 48.2 Å². The fourth-order valence-corrected chi connectivity index (χ4v) is 9.89. The molecule has 6 aromatic carbocycles. The monoisotopic (exact) mass is 1000 g/mol. The van der Waals surface area contributed by atoms with Crippen LogP contribution in [-0.2, 0) is 9.59 Å². The molecule has 4 N–H and O–H groups in total. The van der Waals surface area contributed by atoms with E-state index in [4.69, 9.17) is 14.7 Å². The second-order valence-electron chi connectivity index (χ2n) is 18.0. The van der Waals surface area contributed by atoms with E-state index >= 15 is 13.2 Å². The Kier molecular flexibility index (Phi) is 11.9. The van der Waals surface area contributed by atoms with Gasteiger partial charge >= 0.3 is 0 Å². The van der Waals surface area contributed by atoms with Crippen LogP contribution in [0, 0.1) is 17.5 Å². The number of benzene rings is 6. The second-order valence-corrected chi connectivity index (χ2v) is 18.0. The molecular weight excluding hydrogens is 966 g/mol. The number of hydrogen-bond donors (Lipinski definition) is 4. The van der Waals surface area contributed by atoms with E-state index in [9.17, 15) is 19.2 Å². The van der Waals surface area contributed by atoms with E-state index in [1.54, 1.807) is 140 Å². The molecule has 0 unspecified atom stereocenters. The number of ether oxygens (including phenoxy) is 1. The molecule has 0 saturated heterocycles. The molecular formula is C62H39F3N6O5. The third-order valence-electron chi connectivity index (χ3n) is 13.4. The number of anilines is 1. The largest absolute Gasteiger partial charge is 0.484 e. The van der Waals surface area contributed by atoms with Crippen molar-refractivity contribution in [1.82, 2.24) is 25.3 Å². The average Bonchev–Trinajstić information content (AvgIpc) is 4.30. The van der Waals surface area contributed by atoms with E-state index in [0.717, 1.165) is 0 Å². The van der Waals surface area contributed by atoms with E-state index in [-0.39, 0.29) is 44.9 Å². The molecule has 5 heterocycles. The summed E-state index contributed by atoms with van der Waals surface area (Å²) >= 11 is 0. The highest BCUT2D eigenvalue weighted by Gasteiger charge is 2.32. The van der Waals surface area contributed by atoms with Crippen molar-refractivity contribution in [2.75, 3.05) is 18.5 Å². The van der Waals surface area contributed by atoms with Gasteiger partial charge in [0.25, 0.3) is 5.91 Å². The normalized spacial score (nSPS) is 12.3. The summed E-state index contributed by atoms with van der Waals surface area (Å²) in [5, 5.41) is 5.19. The van der Waals surface area contributed by atoms with Crippen LogP contribution in [0.2, 0.25) is 0 Å². The van der Waals surface area contributed by atoms with Crippen LogP contribution in [0.1, 0.15) is 54.6 Å². The average molecular weight is 1010 g/mol. The van der Waals surface area contributed by atoms with Gasteiger partial charge in [-0.05, 0) is 90.5 Å². The number of aromatic amines is 2. The van der Waals surface area contributed by atoms with E-state index in [0.29, 0.717) is 84.0 Å². The lowest BCUT2D eigenvalue weighted by molar-refractivity contribution is -0.125. The highest BCUT2D eigenvalue weighted by Crippen LogP contribution is 2.40. The predicted octanol–water partition coefficient (Wildman–Crippen LogP) is 12.6. The fourth-order valence-electron chi connectivity index (χ4n) is 9.89. The Balaban J connectivity index is 0.903. The van der Waals surface area contributed by atoms with Gasteiger partial charge in [0.05, 0.1) is 40.6 Å². The van der Waals surface area contributed by atoms with Crippen molar-refractivity contribution in [3.05, 3.63) is 226 Å². The molecule has 0 saturated carbocycles. The Labute approximate surface area is 431 Å². The number of ketones is 2. The van der Waals surface area contributed by atoms with Crippen LogP contribution in [0.25, 0.3) is 90.9 Å². The SMILES string of the molecule is O=C(COc1ccc(-c2c3nc(c(-c4ccccc4F)c4ccc([nH]4)c(-c4ccccc4F)c4nc(c(-c5ccccc5F)c5ccc2[nH]5)C=C4)C=C3)cc1)NCC(=O)Nc1cccc2c1C(=O)c1ccccc1C2=O. The van der Waals surface area contributed by atoms with Crippen molar-refractivity contribution in [3.63, 3.8) is 0 Å². The van der Waals surface area contributed by atoms with Crippen LogP contribution in [0.4, 0.5) is 18.9 Å². The number of halogens is 3. The summed E-state index contributed by atoms with van der Waals surface area (Å²) in [6.45, 7) is -0.885. The number of H-pyrrole nitrogens is 2. The second kappa shape index (κ2) is 19.3. The van der Waals surface area contributed by atoms with Crippen LogP contribution in [-0.4, -0.2) is 56.5 Å². The first-order valence-corrected chi connectivity index (χ1v) is 24.1. The van der Waals surface area contributed by atoms with Crippen molar-refractivity contribution >= 4 is 75.4 Å². The van der Waals surface area contributed by atoms with E-state index in [1.807, 2.05) is 18.2 Å². The summed E-state index contributed by atoms with van der Waals surface area (Å²) in [4.78, 5) is 69.9. The zero-order valence-electron chi connectivity index (χ0n) is 39.9. The minimum absolute atomic E-state index is 0.0841. The summed E-state index contributed by atoms with van der Waals surface area (Å²) in [5.74, 6) is -3.05. The summed E-state index contributed by atoms with van der Waals surface area (Å²) < 4.78 is 53.8. The number of carbonyl (C=O) groups excluding carboxylic acids is 4. The van der Waals surface area contributed by atoms with Crippen molar-refractivity contribution in [2.45, 2.75) is 0 Å². The Morgan fingerprint density at radius 2 is 0.855 bits per heavy atom. The molecule has 11 nitrogen and oxygen atoms in total. The maximum absolute atomic E-state index is 16.0. The minimum atomic E-state index is -0.619. The van der Waals surface area contributed by atoms with Crippen molar-refractivity contribution in [3.8, 4) is 50.3 Å². The molecule has 8 bridgehead atoms. The molecule has 14 heteroatoms. The quantitative estimate of drug-likeness (QED) is 0.106. The number of rotatable bonds is 10. The van der Waals surface area contributed by atoms with Gasteiger partial charge in [-0.2, -0.15) is 0 Å². The van der Waals surface area contributed by atoms with Crippen LogP contribution in [0.15, 0.2) is 164 Å². The van der Waals surface area contributed by atoms with Gasteiger partial charge in [-0.25, -0.2) is 23.1 Å². The van der Waals surface area contributed by atoms with Gasteiger partial charge in [-0.1, -0.05) is 103 Å². The van der Waals surface area contributed by atoms with Crippen molar-refractivity contribution in [2.24, 2.45) is 0 Å². The smallest absolute Gasteiger partial charge is 0.258 e. The molecule has 0 atom stereocenters. The standard InChI is InChI=1S/C62H39F3N6O5/c63-42-16-6-3-12-38(42)57-48-26-24-46(67-48)56(34-20-22-35(23-21-34)76-33-55(73)66-32-54(72)71-45-19-9-15-41-60(45)62(75)37-11-2-1-10-36(37)61(41)74)47-25-27-49(68-47)58(39-13-4-7-17-43(39)64)51-29-31-53(70-51)59(52-30-28-50(57)69-52)40-14-5-8-18-44(40)65/h1-31,67,70H,32-33H2,(H,66,73)(H,71,72). The number of aromatic nitrogens is 4. The number of nitrogens with zero attached hydrogens (tertiary/aromatic N) is 2. The maximum atomic E-state index is 16.0. The number of hydrogen-bond acceptors (Lipinski definition) is 7. The molecule has 2 amide bonds. The molecule has 12 rings (SSSR count). The summed E-state index contributed by atoms with van der Waals surface area (Å²) in [6.07, 6.45) is 7.15. The highest BCUT2D eigenvalue weighted by molar-refractivity contribution is 6.30. The lowest BCUT2D eigenvalue weighted by atomic mass is 9.83. The Hall–Kier alpha value is -10.2. The maximum Gasteiger partial charge on any atom is 0.258 e. The number of amides is 2. The molecule has 9 aromatic rings. The number of carbonyl (C=O) groups is 4. The van der Waals surface area contributed by atoms with Crippen LogP contribution in [0.5, 0.6) is 5.75 Å². The molecule has 0 fully saturated rings. The van der Waals surface area contributed by atoms with Crippen LogP contribution < -0.4 is 15.4 Å². The highest BCUT2D eigenvalue weighted by atomic mass is 19.1. The third kappa shape index (κ3) is 8.52. The molecule has 368 valence electrons. The zero-order chi connectivity index (χ0) is 52.0. The topological polar surface area (TPSA) is 159 Å². The minimum Gasteiger partial charge on any atom is -0.484 e. The molecule has 1 aliphatic carbocycles. The Bertz CT molecular complexity index is 4130. The van der Waals surface area contributed by atoms with Gasteiger partial charge in [0.2, 0.25) is 5.91 Å². The van der Waals surface area contributed by atoms with Crippen LogP contribution in [0.3, 0.4) is 0 Å². The van der Waals surface area contributed by atoms with Crippen LogP contribution >= 0.6 is 0 Å². The molecule has 0 spiro atoms. The first kappa shape index (κ1) is 46.8. The summed E-state index contributed by atoms with van der Waals surface area (Å²) in [5.41, 5.74) is 8.25. The van der Waals surface area contributed by atoms with Gasteiger partial charge in [0.1, 0.15) is 23.2 Å². The molecule has 2 aliphatic heterocycles. The zero-order valence-corrected chi connectivity index (χ0v) is 39.9. The number of nitrogens with one attached hydrogen (secondary N) is 4. The Morgan fingerprint density at radius 1 is 0.434 bits per heavy atom. The summed E-state index contributed by atoms with van der Waals surface area (Å²) in [7, 11) is 0. The third-order valence-corrected chi connectivity index (χ3v) is 13.4. The molecule has 3 aromatic heterocycles. The van der Waals surface area contributed by atoms with E-state index in [1.165, 1.54) is 30.3 Å². The van der Waals surface area contributed by atoms with Gasteiger partial charge < -0.3 is 25.3 Å². The first-order valence-electron chi connectivity index (χ1n) is 24.1. The summed E-state index contributed by atoms with van der Waals surface area (Å²) in [6, 6.07) is 44.5. The van der Waals surface area contributed by atoms with Crippen molar-refractivity contribution < 1.29 is 37.1 Å². The lowest BCUT2D eigenvalue weighted by Gasteiger charge is -2.20. The number of fused-ring (bicyclic) bond motifs is 10. The molecule has 3 aliphatic rings.